The summed E-state index contributed by atoms with van der Waals surface area (Å²) in [6.07, 6.45) is 17.1. The first-order chi connectivity index (χ1) is 26.7. The monoisotopic (exact) mass is 757 g/mol. The van der Waals surface area contributed by atoms with Gasteiger partial charge in [-0.15, -0.1) is 19.3 Å². The van der Waals surface area contributed by atoms with Crippen LogP contribution >= 0.6 is 0 Å². The number of hydrogen-bond donors (Lipinski definition) is 2. The van der Waals surface area contributed by atoms with Crippen molar-refractivity contribution in [2.75, 3.05) is 0 Å². The van der Waals surface area contributed by atoms with E-state index in [1.165, 1.54) is 12.1 Å². The Hall–Kier alpha value is -10.9. The Morgan fingerprint density at radius 1 is 0.389 bits per heavy atom. The lowest BCUT2D eigenvalue weighted by molar-refractivity contribution is 0.275. The molecule has 2 N–H and O–H groups in total. The van der Waals surface area contributed by atoms with Gasteiger partial charge in [-0.2, -0.15) is 0 Å². The van der Waals surface area contributed by atoms with Crippen molar-refractivity contribution in [1.29, 1.82) is 0 Å². The molecule has 1 rings (SSSR count). The van der Waals surface area contributed by atoms with E-state index in [9.17, 15) is 5.11 Å². The fourth-order valence-electron chi connectivity index (χ4n) is 1.99. The summed E-state index contributed by atoms with van der Waals surface area (Å²) in [4.78, 5) is 0. The molecule has 0 bridgehead atoms. The lowest BCUT2D eigenvalue weighted by atomic mass is 10.2. The van der Waals surface area contributed by atoms with Crippen LogP contribution in [-0.4, -0.2) is 10.2 Å². The van der Waals surface area contributed by atoms with Gasteiger partial charge in [0, 0.05) is 168 Å². The summed E-state index contributed by atoms with van der Waals surface area (Å²) < 4.78 is 5.08. The topological polar surface area (TPSA) is 49.7 Å². The van der Waals surface area contributed by atoms with Crippen molar-refractivity contribution >= 4 is 0 Å². The van der Waals surface area contributed by atoms with Crippen LogP contribution in [0.15, 0.2) is 18.2 Å². The molecule has 1 aromatic carbocycles. The van der Waals surface area contributed by atoms with Gasteiger partial charge in [0.2, 0.25) is 0 Å². The minimum absolute atomic E-state index is 0. The molecule has 0 unspecified atom stereocenters. The first kappa shape index (κ1) is 43.1. The Labute approximate surface area is 381 Å². The molecule has 0 radical (unpaired) electrons. The van der Waals surface area contributed by atoms with Crippen LogP contribution in [0.25, 0.3) is 0 Å². The average Bonchev–Trinajstić information content (AvgIpc) is 3.18. The van der Waals surface area contributed by atoms with Crippen LogP contribution in [0.3, 0.4) is 0 Å². The first-order valence-electron chi connectivity index (χ1n) is 13.7. The number of aromatic hydroxyl groups is 1. The molecule has 3 nitrogen and oxygen atoms in total. The maximum Gasteiger partial charge on any atom is 0.143 e. The van der Waals surface area contributed by atoms with E-state index < -0.39 is 0 Å². The molecule has 0 aliphatic carbocycles. The highest BCUT2D eigenvalue weighted by atomic mass is 16.5. The molecule has 0 fully saturated rings. The number of phenols is 1. The molecule has 318 valence electrons. The van der Waals surface area contributed by atoms with E-state index >= 15 is 0 Å². The number of benzene rings is 1. The molecule has 54 heavy (non-hydrogen) atoms. The van der Waals surface area contributed by atoms with Gasteiger partial charge in [-0.25, -0.2) is 0 Å². The highest BCUT2D eigenvalue weighted by Gasteiger charge is 2.01. The zero-order valence-electron chi connectivity index (χ0n) is 27.5. The molecular weight excluding hydrogens is 661 g/mol. The smallest absolute Gasteiger partial charge is 0.143 e. The predicted octanol–water partition coefficient (Wildman–Crippen LogP) is 11.7. The van der Waals surface area contributed by atoms with E-state index in [1.807, 2.05) is 0 Å². The van der Waals surface area contributed by atoms with Crippen LogP contribution in [0.5, 0.6) is 11.5 Å². The number of rotatable bonds is 2. The summed E-state index contributed by atoms with van der Waals surface area (Å²) in [5.74, 6) is 97.3. The van der Waals surface area contributed by atoms with Gasteiger partial charge < -0.3 is 14.9 Å². The molecule has 0 aliphatic rings. The maximum absolute atomic E-state index is 9.58. The third-order valence-corrected chi connectivity index (χ3v) is 3.85. The van der Waals surface area contributed by atoms with E-state index in [2.05, 4.69) is 243 Å². The zero-order chi connectivity index (χ0) is 39.3. The molecule has 0 heterocycles. The predicted molar refractivity (Wildman–Crippen MR) is 300 cm³/mol. The average molecular weight is 757 g/mol. The van der Waals surface area contributed by atoms with Gasteiger partial charge in [-0.05, 0) is 154 Å². The second-order valence-corrected chi connectivity index (χ2v) is 7.21. The van der Waals surface area contributed by atoms with E-state index in [0.29, 0.717) is 11.3 Å². The zero-order valence-corrected chi connectivity index (χ0v) is 27.5. The number of aliphatic hydroxyl groups is 1. The standard InChI is InChI=1S/C29H8O3.C22H2.43H2/c1-2-3-4-5-6-7-8-9-10-11-12-13-14-15-16-17-18-19-20-21-24-32-28-23-22-27(26-30)29(31)25-28;1-3-5-7-9-11-13-15-17-19-21-22-20-18-16-14-12-10-8-6-4-2;;;;;;;;;;;;;;;;;;;;;;;;;;;;;;;;;;;;;;;;;;;/h1,22-23,25,30-31H,26H2;1-2H;43*1H. The van der Waals surface area contributed by atoms with Crippen LogP contribution < -0.4 is 4.74 Å². The Balaban J connectivity index is -0.00000000975. The summed E-state index contributed by atoms with van der Waals surface area (Å²) in [7, 11) is 0. The molecule has 0 aromatic heterocycles. The molecule has 0 aliphatic heterocycles. The van der Waals surface area contributed by atoms with Crippen LogP contribution in [-0.2, 0) is 6.61 Å². The molecule has 3 heteroatoms. The molecule has 0 saturated heterocycles. The summed E-state index contributed by atoms with van der Waals surface area (Å²) >= 11 is 0. The summed E-state index contributed by atoms with van der Waals surface area (Å²) in [5.41, 5.74) is 0.392. The summed E-state index contributed by atoms with van der Waals surface area (Å²) in [6, 6.07) is 4.43. The number of aliphatic hydroxyl groups excluding tert-OH is 1. The number of terminal acetylenes is 3. The van der Waals surface area contributed by atoms with Crippen LogP contribution in [0.4, 0.5) is 0 Å². The van der Waals surface area contributed by atoms with Gasteiger partial charge in [0.1, 0.15) is 17.6 Å². The SMILES string of the molecule is C#CC#CC#CC#CC#CC#CC#CC#CC#CC#CC#C.C#CC#CC#CC#CC#CC#CC#CC#CC#CC#CC#COc1ccc(CO)c(O)c1.[HH].[HH].[HH].[HH].[HH].[HH].[HH].[HH].[HH].[HH].[HH].[HH].[HH].[HH].[HH].[HH].[HH].[HH].[HH].[HH].[HH].[HH].[HH].[HH].[HH].[HH].[HH].[HH].[HH].[HH].[HH].[HH].[HH].[HH].[HH].[HH].[HH].[HH].[HH].[HH].[HH].[HH].[HH]. The van der Waals surface area contributed by atoms with Gasteiger partial charge in [0.15, 0.2) is 0 Å². The lowest BCUT2D eigenvalue weighted by Gasteiger charge is -2.02. The van der Waals surface area contributed by atoms with Crippen molar-refractivity contribution in [3.05, 3.63) is 23.8 Å². The van der Waals surface area contributed by atoms with E-state index in [1.54, 1.807) is 6.07 Å². The second kappa shape index (κ2) is 36.6. The lowest BCUT2D eigenvalue weighted by Crippen LogP contribution is -1.86. The third-order valence-electron chi connectivity index (χ3n) is 3.85. The normalized spacial score (nSPS) is 5.00. The molecule has 0 spiro atoms. The second-order valence-electron chi connectivity index (χ2n) is 7.21. The summed E-state index contributed by atoms with van der Waals surface area (Å²) in [6.45, 7) is -0.267. The Morgan fingerprint density at radius 2 is 0.630 bits per heavy atom. The van der Waals surface area contributed by atoms with Crippen molar-refractivity contribution in [2.24, 2.45) is 0 Å². The van der Waals surface area contributed by atoms with E-state index in [-0.39, 0.29) is 73.7 Å². The third kappa shape index (κ3) is 31.1. The molecule has 1 aromatic rings. The largest absolute Gasteiger partial charge is 0.507 e. The van der Waals surface area contributed by atoms with Crippen molar-refractivity contribution in [1.82, 2.24) is 0 Å². The van der Waals surface area contributed by atoms with Gasteiger partial charge in [-0.3, -0.25) is 0 Å². The van der Waals surface area contributed by atoms with Crippen molar-refractivity contribution in [3.8, 4) is 274 Å². The van der Waals surface area contributed by atoms with Crippen LogP contribution in [0, 0.1) is 262 Å². The maximum atomic E-state index is 9.58. The first-order valence-corrected chi connectivity index (χ1v) is 13.7. The van der Waals surface area contributed by atoms with Crippen LogP contribution in [0.1, 0.15) is 66.9 Å². The van der Waals surface area contributed by atoms with E-state index in [0.717, 1.165) is 0 Å². The molecular formula is C51H96O3. The van der Waals surface area contributed by atoms with Gasteiger partial charge in [0.05, 0.1) is 6.61 Å². The highest BCUT2D eigenvalue weighted by molar-refractivity contribution is 5.49. The minimum Gasteiger partial charge on any atom is -0.507 e. The molecule has 0 atom stereocenters. The minimum atomic E-state index is -0.267. The van der Waals surface area contributed by atoms with Gasteiger partial charge in [0.25, 0.3) is 0 Å². The number of hydrogen-bond acceptors (Lipinski definition) is 3. The van der Waals surface area contributed by atoms with Crippen LogP contribution in [0.2, 0.25) is 0 Å². The van der Waals surface area contributed by atoms with E-state index in [4.69, 9.17) is 29.1 Å². The fourth-order valence-corrected chi connectivity index (χ4v) is 1.99. The molecule has 0 amide bonds. The molecule has 0 saturated carbocycles. The Morgan fingerprint density at radius 3 is 0.852 bits per heavy atom. The van der Waals surface area contributed by atoms with Gasteiger partial charge in [-0.1, -0.05) is 0 Å². The van der Waals surface area contributed by atoms with Crippen molar-refractivity contribution in [2.45, 2.75) is 6.61 Å². The summed E-state index contributed by atoms with van der Waals surface area (Å²) in [5, 5.41) is 18.5. The van der Waals surface area contributed by atoms with Crippen molar-refractivity contribution in [3.63, 3.8) is 0 Å². The quantitative estimate of drug-likeness (QED) is 0.296. The number of ether oxygens (including phenoxy) is 1. The Kier molecular flexibility index (Phi) is 29.2. The van der Waals surface area contributed by atoms with Crippen molar-refractivity contribution < 1.29 is 76.3 Å². The Bertz CT molecular complexity index is 3050. The fraction of sp³-hybridized carbons (Fsp3) is 0.0196. The highest BCUT2D eigenvalue weighted by Crippen LogP contribution is 2.23. The van der Waals surface area contributed by atoms with Gasteiger partial charge >= 0.3 is 0 Å².